The number of fused-ring (bicyclic) bond motifs is 1. The Morgan fingerprint density at radius 2 is 2.05 bits per heavy atom. The monoisotopic (exact) mass is 264 g/mol. The van der Waals surface area contributed by atoms with Crippen LogP contribution in [-0.2, 0) is 14.3 Å². The molecule has 0 N–H and O–H groups in total. The molecule has 0 amide bonds. The Balaban J connectivity index is 2.48. The number of allylic oxidation sites excluding steroid dienone is 2. The standard InChI is InChI=1S/C16H24O3/c1-11-6-7-13-15(2,12(11)10-17)8-5-9-16(13,3)14(18)19-4/h10,13H,5-9H2,1-4H3/t13-,15-,16+/m1/s1. The third-order valence-electron chi connectivity index (χ3n) is 5.58. The molecule has 19 heavy (non-hydrogen) atoms. The van der Waals surface area contributed by atoms with Crippen LogP contribution in [0.25, 0.3) is 0 Å². The smallest absolute Gasteiger partial charge is 0.311 e. The molecule has 0 unspecified atom stereocenters. The van der Waals surface area contributed by atoms with Gasteiger partial charge in [0.25, 0.3) is 0 Å². The number of ether oxygens (including phenoxy) is 1. The van der Waals surface area contributed by atoms with Gasteiger partial charge < -0.3 is 4.74 Å². The van der Waals surface area contributed by atoms with Crippen LogP contribution in [0.15, 0.2) is 11.1 Å². The maximum Gasteiger partial charge on any atom is 0.311 e. The second kappa shape index (κ2) is 4.77. The van der Waals surface area contributed by atoms with Crippen molar-refractivity contribution in [2.45, 2.75) is 52.9 Å². The minimum Gasteiger partial charge on any atom is -0.469 e. The van der Waals surface area contributed by atoms with Crippen molar-refractivity contribution in [2.24, 2.45) is 16.7 Å². The minimum atomic E-state index is -0.448. The van der Waals surface area contributed by atoms with E-state index in [0.29, 0.717) is 0 Å². The van der Waals surface area contributed by atoms with Crippen molar-refractivity contribution in [1.82, 2.24) is 0 Å². The molecular weight excluding hydrogens is 240 g/mol. The molecule has 0 spiro atoms. The molecule has 0 radical (unpaired) electrons. The van der Waals surface area contributed by atoms with Gasteiger partial charge in [0.05, 0.1) is 12.5 Å². The fraction of sp³-hybridized carbons (Fsp3) is 0.750. The van der Waals surface area contributed by atoms with Crippen molar-refractivity contribution in [3.8, 4) is 0 Å². The Kier molecular flexibility index (Phi) is 3.59. The van der Waals surface area contributed by atoms with Gasteiger partial charge in [-0.3, -0.25) is 9.59 Å². The lowest BCUT2D eigenvalue weighted by Gasteiger charge is -2.53. The Morgan fingerprint density at radius 3 is 2.63 bits per heavy atom. The average molecular weight is 264 g/mol. The molecule has 0 heterocycles. The number of aldehydes is 1. The lowest BCUT2D eigenvalue weighted by molar-refractivity contribution is -0.163. The quantitative estimate of drug-likeness (QED) is 0.568. The number of rotatable bonds is 2. The van der Waals surface area contributed by atoms with Gasteiger partial charge in [0, 0.05) is 0 Å². The molecule has 0 aromatic rings. The second-order valence-electron chi connectivity index (χ2n) is 6.58. The zero-order valence-corrected chi connectivity index (χ0v) is 12.4. The first-order chi connectivity index (χ1) is 8.90. The maximum absolute atomic E-state index is 12.2. The van der Waals surface area contributed by atoms with E-state index in [-0.39, 0.29) is 17.3 Å². The van der Waals surface area contributed by atoms with E-state index < -0.39 is 5.41 Å². The van der Waals surface area contributed by atoms with Crippen LogP contribution in [0.3, 0.4) is 0 Å². The highest BCUT2D eigenvalue weighted by Gasteiger charge is 2.55. The highest BCUT2D eigenvalue weighted by atomic mass is 16.5. The van der Waals surface area contributed by atoms with Gasteiger partial charge in [-0.25, -0.2) is 0 Å². The van der Waals surface area contributed by atoms with Crippen LogP contribution in [0.2, 0.25) is 0 Å². The van der Waals surface area contributed by atoms with E-state index in [1.54, 1.807) is 0 Å². The Morgan fingerprint density at radius 1 is 1.37 bits per heavy atom. The van der Waals surface area contributed by atoms with Gasteiger partial charge in [-0.1, -0.05) is 18.9 Å². The molecule has 0 aromatic heterocycles. The van der Waals surface area contributed by atoms with E-state index in [9.17, 15) is 9.59 Å². The number of carbonyl (C=O) groups is 2. The summed E-state index contributed by atoms with van der Waals surface area (Å²) < 4.78 is 5.04. The molecule has 1 fully saturated rings. The van der Waals surface area contributed by atoms with E-state index >= 15 is 0 Å². The zero-order valence-electron chi connectivity index (χ0n) is 12.4. The summed E-state index contributed by atoms with van der Waals surface area (Å²) in [7, 11) is 1.46. The van der Waals surface area contributed by atoms with Crippen LogP contribution in [0.5, 0.6) is 0 Å². The predicted molar refractivity (Wildman–Crippen MR) is 73.6 cm³/mol. The van der Waals surface area contributed by atoms with Crippen LogP contribution in [0, 0.1) is 16.7 Å². The Hall–Kier alpha value is -1.12. The summed E-state index contributed by atoms with van der Waals surface area (Å²) in [5.41, 5.74) is 1.52. The van der Waals surface area contributed by atoms with E-state index in [2.05, 4.69) is 13.8 Å². The summed E-state index contributed by atoms with van der Waals surface area (Å²) >= 11 is 0. The lowest BCUT2D eigenvalue weighted by atomic mass is 9.50. The maximum atomic E-state index is 12.2. The van der Waals surface area contributed by atoms with Crippen molar-refractivity contribution in [1.29, 1.82) is 0 Å². The molecule has 3 heteroatoms. The second-order valence-corrected chi connectivity index (χ2v) is 6.58. The predicted octanol–water partition coefficient (Wildman–Crippen LogP) is 3.28. The fourth-order valence-electron chi connectivity index (χ4n) is 4.53. The van der Waals surface area contributed by atoms with Crippen molar-refractivity contribution < 1.29 is 14.3 Å². The zero-order chi connectivity index (χ0) is 14.3. The molecule has 1 saturated carbocycles. The lowest BCUT2D eigenvalue weighted by Crippen LogP contribution is -2.51. The number of hydrogen-bond acceptors (Lipinski definition) is 3. The van der Waals surface area contributed by atoms with E-state index in [0.717, 1.165) is 44.0 Å². The summed E-state index contributed by atoms with van der Waals surface area (Å²) in [6, 6.07) is 0. The van der Waals surface area contributed by atoms with Gasteiger partial charge >= 0.3 is 5.97 Å². The summed E-state index contributed by atoms with van der Waals surface area (Å²) in [5, 5.41) is 0. The molecule has 0 saturated heterocycles. The van der Waals surface area contributed by atoms with Crippen LogP contribution in [-0.4, -0.2) is 19.4 Å². The van der Waals surface area contributed by atoms with Crippen molar-refractivity contribution in [3.63, 3.8) is 0 Å². The highest BCUT2D eigenvalue weighted by Crippen LogP contribution is 2.59. The van der Waals surface area contributed by atoms with Crippen LogP contribution >= 0.6 is 0 Å². The SMILES string of the molecule is COC(=O)[C@@]1(C)CCC[C@]2(C)C(C=O)=C(C)CC[C@@H]12. The summed E-state index contributed by atoms with van der Waals surface area (Å²) in [5.74, 6) is 0.0957. The van der Waals surface area contributed by atoms with Gasteiger partial charge in [0.15, 0.2) is 0 Å². The third-order valence-corrected chi connectivity index (χ3v) is 5.58. The topological polar surface area (TPSA) is 43.4 Å². The largest absolute Gasteiger partial charge is 0.469 e. The summed E-state index contributed by atoms with van der Waals surface area (Å²) in [4.78, 5) is 23.7. The highest BCUT2D eigenvalue weighted by molar-refractivity contribution is 5.80. The first-order valence-corrected chi connectivity index (χ1v) is 7.14. The molecule has 2 aliphatic rings. The number of methoxy groups -OCH3 is 1. The molecule has 2 rings (SSSR count). The van der Waals surface area contributed by atoms with Crippen LogP contribution in [0.4, 0.5) is 0 Å². The molecular formula is C16H24O3. The summed E-state index contributed by atoms with van der Waals surface area (Å²) in [6.07, 6.45) is 5.75. The fourth-order valence-corrected chi connectivity index (χ4v) is 4.53. The molecule has 0 aromatic carbocycles. The molecule has 3 atom stereocenters. The van der Waals surface area contributed by atoms with E-state index in [4.69, 9.17) is 4.74 Å². The van der Waals surface area contributed by atoms with Gasteiger partial charge in [0.2, 0.25) is 0 Å². The average Bonchev–Trinajstić information content (AvgIpc) is 2.37. The first-order valence-electron chi connectivity index (χ1n) is 7.14. The van der Waals surface area contributed by atoms with Crippen LogP contribution in [0.1, 0.15) is 52.9 Å². The molecule has 2 aliphatic carbocycles. The summed E-state index contributed by atoms with van der Waals surface area (Å²) in [6.45, 7) is 6.23. The molecule has 3 nitrogen and oxygen atoms in total. The normalized spacial score (nSPS) is 38.6. The van der Waals surface area contributed by atoms with Crippen molar-refractivity contribution >= 4 is 12.3 Å². The Bertz CT molecular complexity index is 437. The first kappa shape index (κ1) is 14.3. The van der Waals surface area contributed by atoms with Crippen molar-refractivity contribution in [2.75, 3.05) is 7.11 Å². The third kappa shape index (κ3) is 1.94. The van der Waals surface area contributed by atoms with E-state index in [1.807, 2.05) is 6.92 Å². The molecule has 106 valence electrons. The van der Waals surface area contributed by atoms with Gasteiger partial charge in [-0.2, -0.15) is 0 Å². The molecule has 0 aliphatic heterocycles. The van der Waals surface area contributed by atoms with Crippen LogP contribution < -0.4 is 0 Å². The molecule has 0 bridgehead atoms. The number of carbonyl (C=O) groups excluding carboxylic acids is 2. The van der Waals surface area contributed by atoms with E-state index in [1.165, 1.54) is 12.7 Å². The van der Waals surface area contributed by atoms with Gasteiger partial charge in [-0.15, -0.1) is 0 Å². The van der Waals surface area contributed by atoms with Gasteiger partial charge in [0.1, 0.15) is 6.29 Å². The number of hydrogen-bond donors (Lipinski definition) is 0. The Labute approximate surface area is 115 Å². The van der Waals surface area contributed by atoms with Gasteiger partial charge in [-0.05, 0) is 56.4 Å². The van der Waals surface area contributed by atoms with Crippen molar-refractivity contribution in [3.05, 3.63) is 11.1 Å². The minimum absolute atomic E-state index is 0.117. The number of esters is 1.